The molecule has 0 unspecified atom stereocenters. The lowest BCUT2D eigenvalue weighted by Gasteiger charge is -2.01. The van der Waals surface area contributed by atoms with Crippen LogP contribution in [0.25, 0.3) is 0 Å². The van der Waals surface area contributed by atoms with Gasteiger partial charge in [0, 0.05) is 5.56 Å². The molecule has 0 N–H and O–H groups in total. The maximum atomic E-state index is 12.0. The van der Waals surface area contributed by atoms with E-state index in [1.165, 1.54) is 12.1 Å². The van der Waals surface area contributed by atoms with E-state index in [1.54, 1.807) is 0 Å². The first-order chi connectivity index (χ1) is 6.06. The first-order valence-corrected chi connectivity index (χ1v) is 4.43. The van der Waals surface area contributed by atoms with Gasteiger partial charge in [-0.3, -0.25) is 4.79 Å². The third kappa shape index (κ3) is 2.33. The molecule has 0 aliphatic rings. The lowest BCUT2D eigenvalue weighted by molar-refractivity contribution is 0.0958. The molecule has 1 aromatic carbocycles. The van der Waals surface area contributed by atoms with E-state index in [2.05, 4.69) is 0 Å². The van der Waals surface area contributed by atoms with Gasteiger partial charge in [0.05, 0.1) is 15.1 Å². The van der Waals surface area contributed by atoms with Crippen molar-refractivity contribution in [1.29, 1.82) is 0 Å². The molecule has 0 aliphatic heterocycles. The second-order valence-electron chi connectivity index (χ2n) is 2.31. The molecule has 0 saturated carbocycles. The van der Waals surface area contributed by atoms with Crippen LogP contribution in [-0.2, 0) is 0 Å². The molecule has 0 saturated heterocycles. The van der Waals surface area contributed by atoms with E-state index in [4.69, 9.17) is 34.8 Å². The smallest absolute Gasteiger partial charge is 0.193 e. The molecular formula is C8H4Cl3FO. The average Bonchev–Trinajstić information content (AvgIpc) is 2.12. The molecule has 1 aromatic rings. The SMILES string of the molecule is O=C(CF)c1cc(Cl)c(Cl)c(Cl)c1. The Morgan fingerprint density at radius 1 is 1.23 bits per heavy atom. The van der Waals surface area contributed by atoms with Crippen molar-refractivity contribution in [2.45, 2.75) is 0 Å². The van der Waals surface area contributed by atoms with E-state index in [9.17, 15) is 9.18 Å². The van der Waals surface area contributed by atoms with Gasteiger partial charge in [-0.15, -0.1) is 0 Å². The second-order valence-corrected chi connectivity index (χ2v) is 3.50. The van der Waals surface area contributed by atoms with Gasteiger partial charge >= 0.3 is 0 Å². The molecule has 0 aromatic heterocycles. The Labute approximate surface area is 89.4 Å². The zero-order valence-corrected chi connectivity index (χ0v) is 8.55. The zero-order valence-electron chi connectivity index (χ0n) is 6.28. The van der Waals surface area contributed by atoms with Gasteiger partial charge in [-0.1, -0.05) is 34.8 Å². The lowest BCUT2D eigenvalue weighted by Crippen LogP contribution is -2.00. The van der Waals surface area contributed by atoms with Gasteiger partial charge in [0.25, 0.3) is 0 Å². The van der Waals surface area contributed by atoms with Crippen molar-refractivity contribution < 1.29 is 9.18 Å². The van der Waals surface area contributed by atoms with Crippen LogP contribution in [0.15, 0.2) is 12.1 Å². The Morgan fingerprint density at radius 3 is 2.08 bits per heavy atom. The Balaban J connectivity index is 3.20. The molecule has 1 rings (SSSR count). The summed E-state index contributed by atoms with van der Waals surface area (Å²) in [4.78, 5) is 10.9. The maximum absolute atomic E-state index is 12.0. The van der Waals surface area contributed by atoms with E-state index in [0.717, 1.165) is 0 Å². The minimum atomic E-state index is -1.08. The lowest BCUT2D eigenvalue weighted by atomic mass is 10.1. The molecule has 0 bridgehead atoms. The minimum Gasteiger partial charge on any atom is -0.291 e. The standard InChI is InChI=1S/C8H4Cl3FO/c9-5-1-4(7(13)3-12)2-6(10)8(5)11/h1-2H,3H2. The molecule has 0 spiro atoms. The van der Waals surface area contributed by atoms with Gasteiger partial charge in [-0.05, 0) is 12.1 Å². The van der Waals surface area contributed by atoms with Crippen LogP contribution >= 0.6 is 34.8 Å². The van der Waals surface area contributed by atoms with Crippen LogP contribution in [-0.4, -0.2) is 12.5 Å². The number of halogens is 4. The molecule has 0 atom stereocenters. The molecule has 13 heavy (non-hydrogen) atoms. The summed E-state index contributed by atoms with van der Waals surface area (Å²) >= 11 is 16.9. The number of ketones is 1. The van der Waals surface area contributed by atoms with Crippen molar-refractivity contribution in [3.8, 4) is 0 Å². The third-order valence-corrected chi connectivity index (χ3v) is 2.62. The molecule has 1 nitrogen and oxygen atoms in total. The van der Waals surface area contributed by atoms with Crippen molar-refractivity contribution in [2.24, 2.45) is 0 Å². The van der Waals surface area contributed by atoms with Crippen LogP contribution in [0.3, 0.4) is 0 Å². The van der Waals surface area contributed by atoms with Crippen molar-refractivity contribution in [2.75, 3.05) is 6.67 Å². The zero-order chi connectivity index (χ0) is 10.0. The molecule has 0 aliphatic carbocycles. The molecule has 0 heterocycles. The highest BCUT2D eigenvalue weighted by molar-refractivity contribution is 6.48. The van der Waals surface area contributed by atoms with Crippen molar-refractivity contribution in [1.82, 2.24) is 0 Å². The summed E-state index contributed by atoms with van der Waals surface area (Å²) < 4.78 is 12.0. The first kappa shape index (κ1) is 10.8. The number of benzene rings is 1. The highest BCUT2D eigenvalue weighted by Crippen LogP contribution is 2.31. The number of hydrogen-bond donors (Lipinski definition) is 0. The topological polar surface area (TPSA) is 17.1 Å². The predicted octanol–water partition coefficient (Wildman–Crippen LogP) is 3.80. The molecular weight excluding hydrogens is 237 g/mol. The monoisotopic (exact) mass is 240 g/mol. The highest BCUT2D eigenvalue weighted by Gasteiger charge is 2.10. The molecule has 0 radical (unpaired) electrons. The number of carbonyl (C=O) groups is 1. The van der Waals surface area contributed by atoms with Gasteiger partial charge in [0.1, 0.15) is 0 Å². The highest BCUT2D eigenvalue weighted by atomic mass is 35.5. The Bertz CT molecular complexity index is 328. The first-order valence-electron chi connectivity index (χ1n) is 3.30. The van der Waals surface area contributed by atoms with Gasteiger partial charge in [0.15, 0.2) is 12.5 Å². The fourth-order valence-electron chi connectivity index (χ4n) is 0.794. The predicted molar refractivity (Wildman–Crippen MR) is 51.8 cm³/mol. The van der Waals surface area contributed by atoms with Gasteiger partial charge < -0.3 is 0 Å². The second kappa shape index (κ2) is 4.27. The number of alkyl halides is 1. The fraction of sp³-hybridized carbons (Fsp3) is 0.125. The number of hydrogen-bond acceptors (Lipinski definition) is 1. The van der Waals surface area contributed by atoms with E-state index in [1.807, 2.05) is 0 Å². The summed E-state index contributed by atoms with van der Waals surface area (Å²) in [5.74, 6) is -0.666. The Kier molecular flexibility index (Phi) is 3.54. The molecule has 0 fully saturated rings. The maximum Gasteiger partial charge on any atom is 0.193 e. The van der Waals surface area contributed by atoms with Crippen LogP contribution in [0.5, 0.6) is 0 Å². The molecule has 5 heteroatoms. The summed E-state index contributed by atoms with van der Waals surface area (Å²) in [6.07, 6.45) is 0. The van der Waals surface area contributed by atoms with Crippen LogP contribution in [0.4, 0.5) is 4.39 Å². The Hall–Kier alpha value is -0.310. The fourth-order valence-corrected chi connectivity index (χ4v) is 1.39. The van der Waals surface area contributed by atoms with E-state index in [-0.39, 0.29) is 20.6 Å². The summed E-state index contributed by atoms with van der Waals surface area (Å²) in [6, 6.07) is 2.58. The van der Waals surface area contributed by atoms with Gasteiger partial charge in [-0.25, -0.2) is 4.39 Å². The Morgan fingerprint density at radius 2 is 1.69 bits per heavy atom. The number of rotatable bonds is 2. The minimum absolute atomic E-state index is 0.127. The van der Waals surface area contributed by atoms with Crippen LogP contribution in [0.1, 0.15) is 10.4 Å². The summed E-state index contributed by atoms with van der Waals surface area (Å²) in [5, 5.41) is 0.454. The van der Waals surface area contributed by atoms with E-state index >= 15 is 0 Å². The summed E-state index contributed by atoms with van der Waals surface area (Å²) in [6.45, 7) is -1.08. The summed E-state index contributed by atoms with van der Waals surface area (Å²) in [7, 11) is 0. The van der Waals surface area contributed by atoms with Crippen LogP contribution in [0.2, 0.25) is 15.1 Å². The normalized spacial score (nSPS) is 10.2. The van der Waals surface area contributed by atoms with Crippen molar-refractivity contribution >= 4 is 40.6 Å². The average molecular weight is 241 g/mol. The van der Waals surface area contributed by atoms with Crippen LogP contribution < -0.4 is 0 Å². The van der Waals surface area contributed by atoms with E-state index in [0.29, 0.717) is 0 Å². The van der Waals surface area contributed by atoms with Gasteiger partial charge in [-0.2, -0.15) is 0 Å². The van der Waals surface area contributed by atoms with Gasteiger partial charge in [0.2, 0.25) is 0 Å². The molecule has 70 valence electrons. The molecule has 0 amide bonds. The van der Waals surface area contributed by atoms with Crippen molar-refractivity contribution in [3.63, 3.8) is 0 Å². The van der Waals surface area contributed by atoms with Crippen LogP contribution in [0, 0.1) is 0 Å². The largest absolute Gasteiger partial charge is 0.291 e. The van der Waals surface area contributed by atoms with E-state index < -0.39 is 12.5 Å². The third-order valence-electron chi connectivity index (χ3n) is 1.43. The number of carbonyl (C=O) groups excluding carboxylic acids is 1. The van der Waals surface area contributed by atoms with Crippen molar-refractivity contribution in [3.05, 3.63) is 32.8 Å². The number of Topliss-reactive ketones (excluding diaryl/α,β-unsaturated/α-hetero) is 1. The summed E-state index contributed by atoms with van der Waals surface area (Å²) in [5.41, 5.74) is 0.127. The quantitative estimate of drug-likeness (QED) is 0.568.